The van der Waals surface area contributed by atoms with Gasteiger partial charge in [-0.3, -0.25) is 4.79 Å². The minimum atomic E-state index is 0.772. The van der Waals surface area contributed by atoms with Crippen molar-refractivity contribution < 1.29 is 4.79 Å². The third kappa shape index (κ3) is 13.4. The van der Waals surface area contributed by atoms with Crippen molar-refractivity contribution in [2.45, 2.75) is 58.3 Å². The van der Waals surface area contributed by atoms with Gasteiger partial charge in [-0.1, -0.05) is 39.0 Å². The molecule has 95 valence electrons. The molecule has 0 aromatic carbocycles. The fourth-order valence-electron chi connectivity index (χ4n) is 1.67. The second-order valence-corrected chi connectivity index (χ2v) is 4.25. The highest BCUT2D eigenvalue weighted by Gasteiger charge is 1.91. The van der Waals surface area contributed by atoms with Crippen molar-refractivity contribution in [2.75, 3.05) is 19.6 Å². The van der Waals surface area contributed by atoms with Gasteiger partial charge in [0.15, 0.2) is 0 Å². The van der Waals surface area contributed by atoms with Gasteiger partial charge in [-0.2, -0.15) is 0 Å². The van der Waals surface area contributed by atoms with Crippen LogP contribution in [-0.4, -0.2) is 26.0 Å². The maximum Gasteiger partial charge on any atom is 0.309 e. The van der Waals surface area contributed by atoms with Crippen LogP contribution in [0.4, 0.5) is 0 Å². The lowest BCUT2D eigenvalue weighted by molar-refractivity contribution is 0.532. The van der Waals surface area contributed by atoms with E-state index in [1.54, 1.807) is 6.41 Å². The summed E-state index contributed by atoms with van der Waals surface area (Å²) >= 11 is 0. The Morgan fingerprint density at radius 1 is 0.812 bits per heavy atom. The summed E-state index contributed by atoms with van der Waals surface area (Å²) in [5.41, 5.74) is 0. The van der Waals surface area contributed by atoms with Crippen LogP contribution in [0.25, 0.3) is 0 Å². The summed E-state index contributed by atoms with van der Waals surface area (Å²) in [7, 11) is 0. The van der Waals surface area contributed by atoms with Gasteiger partial charge in [0.1, 0.15) is 0 Å². The van der Waals surface area contributed by atoms with Crippen LogP contribution in [0.3, 0.4) is 0 Å². The van der Waals surface area contributed by atoms with Crippen molar-refractivity contribution in [3.8, 4) is 0 Å². The van der Waals surface area contributed by atoms with Gasteiger partial charge in [0.25, 0.3) is 0 Å². The second-order valence-electron chi connectivity index (χ2n) is 4.25. The predicted octanol–water partition coefficient (Wildman–Crippen LogP) is 2.37. The van der Waals surface area contributed by atoms with Gasteiger partial charge in [0, 0.05) is 6.54 Å². The highest BCUT2D eigenvalue weighted by atomic mass is 16.1. The quantitative estimate of drug-likeness (QED) is 0.375. The van der Waals surface area contributed by atoms with Crippen LogP contribution in [0.1, 0.15) is 58.3 Å². The van der Waals surface area contributed by atoms with Gasteiger partial charge < -0.3 is 10.6 Å². The lowest BCUT2D eigenvalue weighted by Gasteiger charge is -2.04. The summed E-state index contributed by atoms with van der Waals surface area (Å²) in [5.74, 6) is 0. The maximum atomic E-state index is 9.84. The molecule has 0 bridgehead atoms. The van der Waals surface area contributed by atoms with Crippen LogP contribution >= 0.6 is 0 Å². The van der Waals surface area contributed by atoms with E-state index in [1.807, 2.05) is 0 Å². The number of rotatable bonds is 13. The molecule has 0 aliphatic carbocycles. The highest BCUT2D eigenvalue weighted by molar-refractivity contribution is 5.46. The van der Waals surface area contributed by atoms with E-state index in [-0.39, 0.29) is 0 Å². The third-order valence-electron chi connectivity index (χ3n) is 2.68. The number of hydrogen-bond donors (Lipinski definition) is 2. The molecular weight excluding hydrogens is 200 g/mol. The number of nitrogens with one attached hydrogen (secondary N) is 2. The standard InChI is InChI=1S/C13H27N2O/c1-2-3-4-7-10-14-11-8-5-6-9-12-15-13-16/h14H,2-12H2,1H3,(H,15,16). The predicted molar refractivity (Wildman–Crippen MR) is 69.2 cm³/mol. The summed E-state index contributed by atoms with van der Waals surface area (Å²) in [6.45, 7) is 5.32. The lowest BCUT2D eigenvalue weighted by Crippen LogP contribution is -2.16. The number of carbonyl (C=O) groups excluding carboxylic acids is 1. The Balaban J connectivity index is 2.85. The summed E-state index contributed by atoms with van der Waals surface area (Å²) < 4.78 is 0. The molecule has 0 heterocycles. The van der Waals surface area contributed by atoms with E-state index >= 15 is 0 Å². The Morgan fingerprint density at radius 3 is 1.94 bits per heavy atom. The minimum absolute atomic E-state index is 0.772. The van der Waals surface area contributed by atoms with E-state index in [4.69, 9.17) is 0 Å². The van der Waals surface area contributed by atoms with Gasteiger partial charge in [0.2, 0.25) is 0 Å². The molecule has 16 heavy (non-hydrogen) atoms. The van der Waals surface area contributed by atoms with Crippen molar-refractivity contribution in [3.63, 3.8) is 0 Å². The van der Waals surface area contributed by atoms with Gasteiger partial charge in [-0.05, 0) is 32.4 Å². The molecule has 3 heteroatoms. The van der Waals surface area contributed by atoms with Gasteiger partial charge >= 0.3 is 6.41 Å². The molecule has 1 amide bonds. The van der Waals surface area contributed by atoms with Crippen LogP contribution < -0.4 is 10.6 Å². The van der Waals surface area contributed by atoms with E-state index in [9.17, 15) is 4.79 Å². The summed E-state index contributed by atoms with van der Waals surface area (Å²) in [6.07, 6.45) is 11.8. The molecule has 2 N–H and O–H groups in total. The molecule has 0 aliphatic rings. The molecule has 0 atom stereocenters. The summed E-state index contributed by atoms with van der Waals surface area (Å²) in [4.78, 5) is 9.84. The molecule has 0 spiro atoms. The molecule has 0 fully saturated rings. The third-order valence-corrected chi connectivity index (χ3v) is 2.68. The van der Waals surface area contributed by atoms with Gasteiger partial charge in [0.05, 0.1) is 0 Å². The molecule has 0 unspecified atom stereocenters. The van der Waals surface area contributed by atoms with Crippen molar-refractivity contribution >= 4 is 6.41 Å². The second kappa shape index (κ2) is 14.4. The van der Waals surface area contributed by atoms with Crippen LogP contribution in [0.5, 0.6) is 0 Å². The fraction of sp³-hybridized carbons (Fsp3) is 0.923. The van der Waals surface area contributed by atoms with Crippen LogP contribution in [0, 0.1) is 0 Å². The molecule has 0 rings (SSSR count). The average Bonchev–Trinajstić information content (AvgIpc) is 2.31. The molecule has 0 saturated heterocycles. The molecule has 0 aromatic rings. The van der Waals surface area contributed by atoms with E-state index in [0.29, 0.717) is 0 Å². The smallest absolute Gasteiger partial charge is 0.309 e. The minimum Gasteiger partial charge on any atom is -0.348 e. The zero-order valence-corrected chi connectivity index (χ0v) is 10.7. The van der Waals surface area contributed by atoms with Crippen LogP contribution in [0.2, 0.25) is 0 Å². The van der Waals surface area contributed by atoms with E-state index < -0.39 is 0 Å². The van der Waals surface area contributed by atoms with Crippen molar-refractivity contribution in [2.24, 2.45) is 0 Å². The Kier molecular flexibility index (Phi) is 13.9. The molecule has 1 radical (unpaired) electrons. The summed E-state index contributed by atoms with van der Waals surface area (Å²) in [5, 5.41) is 6.03. The van der Waals surface area contributed by atoms with E-state index in [2.05, 4.69) is 17.6 Å². The first-order chi connectivity index (χ1) is 7.91. The van der Waals surface area contributed by atoms with E-state index in [0.717, 1.165) is 19.5 Å². The van der Waals surface area contributed by atoms with Crippen molar-refractivity contribution in [1.82, 2.24) is 10.6 Å². The Morgan fingerprint density at radius 2 is 1.38 bits per heavy atom. The number of unbranched alkanes of at least 4 members (excludes halogenated alkanes) is 6. The average molecular weight is 227 g/mol. The van der Waals surface area contributed by atoms with Gasteiger partial charge in [-0.25, -0.2) is 0 Å². The topological polar surface area (TPSA) is 41.1 Å². The zero-order chi connectivity index (χ0) is 11.9. The van der Waals surface area contributed by atoms with Crippen molar-refractivity contribution in [1.29, 1.82) is 0 Å². The number of hydrogen-bond acceptors (Lipinski definition) is 2. The molecule has 0 aliphatic heterocycles. The first kappa shape index (κ1) is 15.4. The highest BCUT2D eigenvalue weighted by Crippen LogP contribution is 1.99. The van der Waals surface area contributed by atoms with Gasteiger partial charge in [-0.15, -0.1) is 0 Å². The Bertz CT molecular complexity index is 140. The maximum absolute atomic E-state index is 9.84. The molecule has 0 saturated carbocycles. The number of amides is 1. The van der Waals surface area contributed by atoms with Crippen molar-refractivity contribution in [3.05, 3.63) is 0 Å². The van der Waals surface area contributed by atoms with E-state index in [1.165, 1.54) is 51.5 Å². The molecule has 3 nitrogen and oxygen atoms in total. The SMILES string of the molecule is CCCCCCNCCCCCCN[C]=O. The Hall–Kier alpha value is -0.570. The zero-order valence-electron chi connectivity index (χ0n) is 10.7. The molecule has 0 aromatic heterocycles. The first-order valence-corrected chi connectivity index (χ1v) is 6.72. The Labute approximate surface area is 100 Å². The largest absolute Gasteiger partial charge is 0.348 e. The lowest BCUT2D eigenvalue weighted by atomic mass is 10.2. The molecular formula is C13H27N2O. The monoisotopic (exact) mass is 227 g/mol. The van der Waals surface area contributed by atoms with Crippen LogP contribution in [0.15, 0.2) is 0 Å². The van der Waals surface area contributed by atoms with Crippen LogP contribution in [-0.2, 0) is 4.79 Å². The summed E-state index contributed by atoms with van der Waals surface area (Å²) in [6, 6.07) is 0. The first-order valence-electron chi connectivity index (χ1n) is 6.72. The normalized spacial score (nSPS) is 10.3. The fourth-order valence-corrected chi connectivity index (χ4v) is 1.67.